The van der Waals surface area contributed by atoms with Crippen LogP contribution in [0.5, 0.6) is 0 Å². The zero-order valence-electron chi connectivity index (χ0n) is 10.5. The normalized spacial score (nSPS) is 24.4. The number of aromatic nitrogens is 2. The molecule has 2 rings (SSSR count). The molecule has 0 bridgehead atoms. The molecule has 2 nitrogen and oxygen atoms in total. The monoisotopic (exact) mass is 302 g/mol. The Morgan fingerprint density at radius 1 is 1.25 bits per heavy atom. The lowest BCUT2D eigenvalue weighted by molar-refractivity contribution is 0.457. The summed E-state index contributed by atoms with van der Waals surface area (Å²) in [5.74, 6) is 0.572. The number of rotatable bonds is 3. The van der Waals surface area contributed by atoms with Crippen molar-refractivity contribution < 1.29 is 0 Å². The Labute approximate surface area is 110 Å². The maximum Gasteiger partial charge on any atom is 0.131 e. The molecule has 0 aliphatic heterocycles. The SMILES string of the molecule is CCC(Br)c1nnc(C2C(C)(C)C2(C)C)s1. The largest absolute Gasteiger partial charge is 0.143 e. The van der Waals surface area contributed by atoms with Crippen LogP contribution in [-0.4, -0.2) is 10.2 Å². The number of hydrogen-bond acceptors (Lipinski definition) is 3. The van der Waals surface area contributed by atoms with Gasteiger partial charge < -0.3 is 0 Å². The molecule has 0 saturated heterocycles. The van der Waals surface area contributed by atoms with Gasteiger partial charge in [0.1, 0.15) is 10.0 Å². The molecule has 1 atom stereocenters. The van der Waals surface area contributed by atoms with E-state index in [-0.39, 0.29) is 0 Å². The first kappa shape index (κ1) is 12.5. The minimum absolute atomic E-state index is 0.359. The van der Waals surface area contributed by atoms with E-state index >= 15 is 0 Å². The molecular formula is C12H19BrN2S. The summed E-state index contributed by atoms with van der Waals surface area (Å²) in [4.78, 5) is 0.365. The van der Waals surface area contributed by atoms with Gasteiger partial charge in [0.15, 0.2) is 0 Å². The molecule has 90 valence electrons. The van der Waals surface area contributed by atoms with Gasteiger partial charge in [-0.3, -0.25) is 0 Å². The lowest BCUT2D eigenvalue weighted by atomic mass is 10.0. The Hall–Kier alpha value is 0.0400. The van der Waals surface area contributed by atoms with E-state index in [1.807, 2.05) is 0 Å². The lowest BCUT2D eigenvalue weighted by Gasteiger charge is -2.03. The minimum atomic E-state index is 0.359. The van der Waals surface area contributed by atoms with Crippen LogP contribution >= 0.6 is 27.3 Å². The molecule has 0 amide bonds. The first-order valence-corrected chi connectivity index (χ1v) is 7.53. The summed E-state index contributed by atoms with van der Waals surface area (Å²) < 4.78 is 0. The van der Waals surface area contributed by atoms with E-state index in [4.69, 9.17) is 0 Å². The first-order chi connectivity index (χ1) is 7.32. The Balaban J connectivity index is 2.22. The zero-order valence-corrected chi connectivity index (χ0v) is 12.9. The zero-order chi connectivity index (χ0) is 12.1. The molecule has 0 aromatic carbocycles. The highest BCUT2D eigenvalue weighted by molar-refractivity contribution is 9.09. The van der Waals surface area contributed by atoms with Crippen molar-refractivity contribution in [1.29, 1.82) is 0 Å². The van der Waals surface area contributed by atoms with E-state index in [9.17, 15) is 0 Å². The molecule has 1 heterocycles. The van der Waals surface area contributed by atoms with Crippen molar-refractivity contribution in [3.8, 4) is 0 Å². The van der Waals surface area contributed by atoms with E-state index in [0.29, 0.717) is 21.6 Å². The Morgan fingerprint density at radius 2 is 1.81 bits per heavy atom. The molecule has 1 aliphatic rings. The fraction of sp³-hybridized carbons (Fsp3) is 0.833. The topological polar surface area (TPSA) is 25.8 Å². The summed E-state index contributed by atoms with van der Waals surface area (Å²) >= 11 is 5.40. The second-order valence-electron chi connectivity index (χ2n) is 5.73. The highest BCUT2D eigenvalue weighted by Gasteiger charge is 2.66. The van der Waals surface area contributed by atoms with Gasteiger partial charge in [-0.25, -0.2) is 0 Å². The maximum absolute atomic E-state index is 4.38. The molecule has 1 aromatic rings. The molecule has 16 heavy (non-hydrogen) atoms. The first-order valence-electron chi connectivity index (χ1n) is 5.79. The quantitative estimate of drug-likeness (QED) is 0.766. The van der Waals surface area contributed by atoms with E-state index in [2.05, 4.69) is 60.7 Å². The van der Waals surface area contributed by atoms with Gasteiger partial charge in [0.05, 0.1) is 4.83 Å². The highest BCUT2D eigenvalue weighted by atomic mass is 79.9. The van der Waals surface area contributed by atoms with Gasteiger partial charge in [0.25, 0.3) is 0 Å². The van der Waals surface area contributed by atoms with Gasteiger partial charge in [0.2, 0.25) is 0 Å². The fourth-order valence-electron chi connectivity index (χ4n) is 2.48. The van der Waals surface area contributed by atoms with E-state index in [1.165, 1.54) is 5.01 Å². The third kappa shape index (κ3) is 1.65. The second kappa shape index (κ2) is 3.77. The van der Waals surface area contributed by atoms with Crippen LogP contribution in [0.2, 0.25) is 0 Å². The maximum atomic E-state index is 4.38. The summed E-state index contributed by atoms with van der Waals surface area (Å²) in [6.45, 7) is 11.5. The third-order valence-corrected chi connectivity index (χ3v) is 6.84. The van der Waals surface area contributed by atoms with Crippen LogP contribution in [0.15, 0.2) is 0 Å². The third-order valence-electron chi connectivity index (χ3n) is 4.35. The molecule has 0 N–H and O–H groups in total. The lowest BCUT2D eigenvalue weighted by Crippen LogP contribution is -1.95. The van der Waals surface area contributed by atoms with Crippen LogP contribution in [0, 0.1) is 10.8 Å². The number of nitrogens with zero attached hydrogens (tertiary/aromatic N) is 2. The predicted octanol–water partition coefficient (Wildman–Crippen LogP) is 4.53. The summed E-state index contributed by atoms with van der Waals surface area (Å²) in [5.41, 5.74) is 0.718. The number of alkyl halides is 1. The van der Waals surface area contributed by atoms with Crippen molar-refractivity contribution in [2.75, 3.05) is 0 Å². The van der Waals surface area contributed by atoms with Crippen molar-refractivity contribution in [3.63, 3.8) is 0 Å². The van der Waals surface area contributed by atoms with Crippen LogP contribution < -0.4 is 0 Å². The fourth-order valence-corrected chi connectivity index (χ4v) is 4.23. The molecule has 1 aliphatic carbocycles. The van der Waals surface area contributed by atoms with Crippen molar-refractivity contribution in [3.05, 3.63) is 10.0 Å². The summed E-state index contributed by atoms with van der Waals surface area (Å²) in [6.07, 6.45) is 1.06. The van der Waals surface area contributed by atoms with Gasteiger partial charge >= 0.3 is 0 Å². The molecular weight excluding hydrogens is 284 g/mol. The summed E-state index contributed by atoms with van der Waals surface area (Å²) in [7, 11) is 0. The Kier molecular flexibility index (Phi) is 2.94. The van der Waals surface area contributed by atoms with Crippen molar-refractivity contribution in [2.45, 2.75) is 51.8 Å². The van der Waals surface area contributed by atoms with Gasteiger partial charge in [-0.05, 0) is 17.3 Å². The Bertz CT molecular complexity index is 383. The molecule has 1 aromatic heterocycles. The van der Waals surface area contributed by atoms with Crippen molar-refractivity contribution >= 4 is 27.3 Å². The molecule has 1 unspecified atom stereocenters. The standard InChI is InChI=1S/C12H19BrN2S/c1-6-7(13)9-14-15-10(16-9)8-11(2,3)12(8,4)5/h7-8H,6H2,1-5H3. The highest BCUT2D eigenvalue weighted by Crippen LogP contribution is 2.73. The molecule has 1 saturated carbocycles. The van der Waals surface area contributed by atoms with E-state index in [1.54, 1.807) is 11.3 Å². The number of hydrogen-bond donors (Lipinski definition) is 0. The molecule has 0 spiro atoms. The van der Waals surface area contributed by atoms with Gasteiger partial charge in [0, 0.05) is 5.92 Å². The average molecular weight is 303 g/mol. The minimum Gasteiger partial charge on any atom is -0.143 e. The van der Waals surface area contributed by atoms with Gasteiger partial charge in [-0.2, -0.15) is 0 Å². The van der Waals surface area contributed by atoms with Crippen LogP contribution in [0.1, 0.15) is 61.8 Å². The average Bonchev–Trinajstić information content (AvgIpc) is 2.60. The molecule has 4 heteroatoms. The summed E-state index contributed by atoms with van der Waals surface area (Å²) in [6, 6.07) is 0. The summed E-state index contributed by atoms with van der Waals surface area (Å²) in [5, 5.41) is 11.0. The van der Waals surface area contributed by atoms with Crippen LogP contribution in [-0.2, 0) is 0 Å². The molecule has 1 fully saturated rings. The van der Waals surface area contributed by atoms with E-state index in [0.717, 1.165) is 11.4 Å². The van der Waals surface area contributed by atoms with Crippen LogP contribution in [0.25, 0.3) is 0 Å². The molecule has 0 radical (unpaired) electrons. The number of halogens is 1. The predicted molar refractivity (Wildman–Crippen MR) is 72.2 cm³/mol. The second-order valence-corrected chi connectivity index (χ2v) is 7.88. The van der Waals surface area contributed by atoms with Gasteiger partial charge in [-0.15, -0.1) is 10.2 Å². The van der Waals surface area contributed by atoms with Crippen molar-refractivity contribution in [1.82, 2.24) is 10.2 Å². The smallest absolute Gasteiger partial charge is 0.131 e. The van der Waals surface area contributed by atoms with Gasteiger partial charge in [-0.1, -0.05) is 61.9 Å². The van der Waals surface area contributed by atoms with E-state index < -0.39 is 0 Å². The van der Waals surface area contributed by atoms with Crippen LogP contribution in [0.4, 0.5) is 0 Å². The Morgan fingerprint density at radius 3 is 2.25 bits per heavy atom. The van der Waals surface area contributed by atoms with Crippen LogP contribution in [0.3, 0.4) is 0 Å². The van der Waals surface area contributed by atoms with Crippen molar-refractivity contribution in [2.24, 2.45) is 10.8 Å².